The van der Waals surface area contributed by atoms with Gasteiger partial charge in [0.05, 0.1) is 5.52 Å². The van der Waals surface area contributed by atoms with E-state index in [4.69, 9.17) is 0 Å². The fourth-order valence-electron chi connectivity index (χ4n) is 1.98. The zero-order valence-corrected chi connectivity index (χ0v) is 10.5. The molecule has 4 heteroatoms. The van der Waals surface area contributed by atoms with Gasteiger partial charge in [0.25, 0.3) is 5.91 Å². The van der Waals surface area contributed by atoms with Crippen molar-refractivity contribution in [3.63, 3.8) is 0 Å². The Hall–Kier alpha value is -2.10. The van der Waals surface area contributed by atoms with E-state index in [0.29, 0.717) is 18.8 Å². The summed E-state index contributed by atoms with van der Waals surface area (Å²) < 4.78 is 0. The maximum Gasteiger partial charge on any atom is 0.275 e. The van der Waals surface area contributed by atoms with Crippen LogP contribution in [0, 0.1) is 0 Å². The Balaban J connectivity index is 2.34. The molecule has 0 aliphatic carbocycles. The normalized spacial score (nSPS) is 10.5. The summed E-state index contributed by atoms with van der Waals surface area (Å²) in [6, 6.07) is 7.65. The maximum absolute atomic E-state index is 12.4. The first-order chi connectivity index (χ1) is 8.77. The van der Waals surface area contributed by atoms with Crippen molar-refractivity contribution >= 4 is 16.8 Å². The Kier molecular flexibility index (Phi) is 3.77. The van der Waals surface area contributed by atoms with Crippen LogP contribution in [0.5, 0.6) is 0 Å². The third kappa shape index (κ3) is 2.27. The van der Waals surface area contributed by atoms with Crippen molar-refractivity contribution in [1.29, 1.82) is 0 Å². The van der Waals surface area contributed by atoms with E-state index >= 15 is 0 Å². The lowest BCUT2D eigenvalue weighted by molar-refractivity contribution is 0.0770. The van der Waals surface area contributed by atoms with E-state index in [1.165, 1.54) is 0 Å². The van der Waals surface area contributed by atoms with E-state index in [9.17, 15) is 4.79 Å². The van der Waals surface area contributed by atoms with Gasteiger partial charge in [-0.25, -0.2) is 0 Å². The number of nitrogens with zero attached hydrogens (tertiary/aromatic N) is 2. The van der Waals surface area contributed by atoms with Crippen LogP contribution in [0.2, 0.25) is 0 Å². The molecule has 0 bridgehead atoms. The number of hydrogen-bond acceptors (Lipinski definition) is 2. The number of benzene rings is 1. The number of H-pyrrole nitrogens is 1. The number of para-hydroxylation sites is 1. The Labute approximate surface area is 106 Å². The standard InChI is InChI=1S/C14H17N3O/c1-3-9-17(10-4-2)14(18)13-11-7-5-6-8-12(11)15-16-13/h3,5-8H,1,4,9-10H2,2H3,(H,15,16). The van der Waals surface area contributed by atoms with Gasteiger partial charge in [-0.2, -0.15) is 5.10 Å². The molecule has 0 saturated heterocycles. The quantitative estimate of drug-likeness (QED) is 0.820. The molecule has 1 aromatic heterocycles. The molecule has 0 aliphatic rings. The predicted octanol–water partition coefficient (Wildman–Crippen LogP) is 2.60. The zero-order chi connectivity index (χ0) is 13.0. The number of fused-ring (bicyclic) bond motifs is 1. The highest BCUT2D eigenvalue weighted by Crippen LogP contribution is 2.16. The van der Waals surface area contributed by atoms with Gasteiger partial charge in [0.1, 0.15) is 0 Å². The predicted molar refractivity (Wildman–Crippen MR) is 72.5 cm³/mol. The topological polar surface area (TPSA) is 49.0 Å². The van der Waals surface area contributed by atoms with Gasteiger partial charge in [0.15, 0.2) is 5.69 Å². The Bertz CT molecular complexity index is 559. The number of aromatic nitrogens is 2. The smallest absolute Gasteiger partial charge is 0.275 e. The molecule has 1 heterocycles. The molecule has 1 N–H and O–H groups in total. The highest BCUT2D eigenvalue weighted by atomic mass is 16.2. The van der Waals surface area contributed by atoms with Crippen molar-refractivity contribution in [3.8, 4) is 0 Å². The van der Waals surface area contributed by atoms with Crippen molar-refractivity contribution in [1.82, 2.24) is 15.1 Å². The summed E-state index contributed by atoms with van der Waals surface area (Å²) in [6.45, 7) is 7.00. The summed E-state index contributed by atoms with van der Waals surface area (Å²) >= 11 is 0. The fourth-order valence-corrected chi connectivity index (χ4v) is 1.98. The van der Waals surface area contributed by atoms with Gasteiger partial charge in [0, 0.05) is 18.5 Å². The van der Waals surface area contributed by atoms with E-state index in [-0.39, 0.29) is 5.91 Å². The van der Waals surface area contributed by atoms with Crippen LogP contribution in [-0.2, 0) is 0 Å². The Morgan fingerprint density at radius 1 is 1.50 bits per heavy atom. The molecule has 0 radical (unpaired) electrons. The van der Waals surface area contributed by atoms with Gasteiger partial charge in [-0.1, -0.05) is 31.2 Å². The van der Waals surface area contributed by atoms with E-state index in [2.05, 4.69) is 16.8 Å². The molecule has 0 unspecified atom stereocenters. The SMILES string of the molecule is C=CCN(CCC)C(=O)c1n[nH]c2ccccc12. The minimum Gasteiger partial charge on any atom is -0.334 e. The number of amides is 1. The zero-order valence-electron chi connectivity index (χ0n) is 10.5. The molecular formula is C14H17N3O. The summed E-state index contributed by atoms with van der Waals surface area (Å²) in [4.78, 5) is 14.2. The summed E-state index contributed by atoms with van der Waals surface area (Å²) in [6.07, 6.45) is 2.66. The molecule has 1 amide bonds. The van der Waals surface area contributed by atoms with Crippen LogP contribution >= 0.6 is 0 Å². The van der Waals surface area contributed by atoms with Gasteiger partial charge in [-0.3, -0.25) is 9.89 Å². The molecule has 0 aliphatic heterocycles. The van der Waals surface area contributed by atoms with Crippen molar-refractivity contribution in [3.05, 3.63) is 42.6 Å². The third-order valence-electron chi connectivity index (χ3n) is 2.80. The Morgan fingerprint density at radius 3 is 3.00 bits per heavy atom. The van der Waals surface area contributed by atoms with Gasteiger partial charge < -0.3 is 4.90 Å². The van der Waals surface area contributed by atoms with Crippen molar-refractivity contribution in [2.45, 2.75) is 13.3 Å². The summed E-state index contributed by atoms with van der Waals surface area (Å²) in [5.41, 5.74) is 1.37. The summed E-state index contributed by atoms with van der Waals surface area (Å²) in [5.74, 6) is -0.0470. The third-order valence-corrected chi connectivity index (χ3v) is 2.80. The van der Waals surface area contributed by atoms with Crippen molar-refractivity contribution < 1.29 is 4.79 Å². The molecule has 1 aromatic carbocycles. The molecular weight excluding hydrogens is 226 g/mol. The highest BCUT2D eigenvalue weighted by Gasteiger charge is 2.19. The van der Waals surface area contributed by atoms with Gasteiger partial charge in [0.2, 0.25) is 0 Å². The lowest BCUT2D eigenvalue weighted by Gasteiger charge is -2.19. The highest BCUT2D eigenvalue weighted by molar-refractivity contribution is 6.04. The molecule has 0 spiro atoms. The number of hydrogen-bond donors (Lipinski definition) is 1. The molecule has 0 fully saturated rings. The number of carbonyl (C=O) groups is 1. The average molecular weight is 243 g/mol. The fraction of sp³-hybridized carbons (Fsp3) is 0.286. The second-order valence-corrected chi connectivity index (χ2v) is 4.16. The summed E-state index contributed by atoms with van der Waals surface area (Å²) in [7, 11) is 0. The summed E-state index contributed by atoms with van der Waals surface area (Å²) in [5, 5.41) is 7.88. The molecule has 0 atom stereocenters. The van der Waals surface area contributed by atoms with E-state index < -0.39 is 0 Å². The number of rotatable bonds is 5. The first-order valence-electron chi connectivity index (χ1n) is 6.11. The average Bonchev–Trinajstić information content (AvgIpc) is 2.81. The van der Waals surface area contributed by atoms with Gasteiger partial charge in [-0.15, -0.1) is 6.58 Å². The first kappa shape index (κ1) is 12.4. The van der Waals surface area contributed by atoms with Crippen molar-refractivity contribution in [2.24, 2.45) is 0 Å². The second kappa shape index (κ2) is 5.49. The monoisotopic (exact) mass is 243 g/mol. The van der Waals surface area contributed by atoms with Crippen LogP contribution in [0.15, 0.2) is 36.9 Å². The number of aromatic amines is 1. The van der Waals surface area contributed by atoms with Gasteiger partial charge >= 0.3 is 0 Å². The second-order valence-electron chi connectivity index (χ2n) is 4.16. The van der Waals surface area contributed by atoms with Crippen molar-refractivity contribution in [2.75, 3.05) is 13.1 Å². The van der Waals surface area contributed by atoms with E-state index in [0.717, 1.165) is 17.3 Å². The lowest BCUT2D eigenvalue weighted by atomic mass is 10.2. The van der Waals surface area contributed by atoms with E-state index in [1.54, 1.807) is 11.0 Å². The molecule has 2 rings (SSSR count). The van der Waals surface area contributed by atoms with Crippen LogP contribution < -0.4 is 0 Å². The van der Waals surface area contributed by atoms with Crippen LogP contribution in [0.3, 0.4) is 0 Å². The number of nitrogens with one attached hydrogen (secondary N) is 1. The molecule has 4 nitrogen and oxygen atoms in total. The van der Waals surface area contributed by atoms with Crippen LogP contribution in [-0.4, -0.2) is 34.1 Å². The Morgan fingerprint density at radius 2 is 2.28 bits per heavy atom. The molecule has 2 aromatic rings. The number of carbonyl (C=O) groups excluding carboxylic acids is 1. The van der Waals surface area contributed by atoms with E-state index in [1.807, 2.05) is 31.2 Å². The minimum absolute atomic E-state index is 0.0470. The first-order valence-corrected chi connectivity index (χ1v) is 6.11. The molecule has 0 saturated carbocycles. The lowest BCUT2D eigenvalue weighted by Crippen LogP contribution is -2.32. The maximum atomic E-state index is 12.4. The molecule has 18 heavy (non-hydrogen) atoms. The van der Waals surface area contributed by atoms with Crippen LogP contribution in [0.4, 0.5) is 0 Å². The van der Waals surface area contributed by atoms with Crippen LogP contribution in [0.25, 0.3) is 10.9 Å². The van der Waals surface area contributed by atoms with Crippen LogP contribution in [0.1, 0.15) is 23.8 Å². The largest absolute Gasteiger partial charge is 0.334 e. The van der Waals surface area contributed by atoms with Gasteiger partial charge in [-0.05, 0) is 12.5 Å². The minimum atomic E-state index is -0.0470. The molecule has 94 valence electrons.